The van der Waals surface area contributed by atoms with Crippen molar-refractivity contribution in [2.45, 2.75) is 21.5 Å². The molecule has 4 rings (SSSR count). The molecule has 1 atom stereocenters. The Bertz CT molecular complexity index is 1230. The van der Waals surface area contributed by atoms with Gasteiger partial charge >= 0.3 is 0 Å². The van der Waals surface area contributed by atoms with Crippen molar-refractivity contribution in [3.05, 3.63) is 59.9 Å². The normalized spacial score (nSPS) is 21.5. The number of hydrogen-bond acceptors (Lipinski definition) is 6. The zero-order valence-corrected chi connectivity index (χ0v) is 19.6. The summed E-state index contributed by atoms with van der Waals surface area (Å²) < 4.78 is 64.3. The molecular formula is C21H23FN2O5S3. The van der Waals surface area contributed by atoms with Gasteiger partial charge in [-0.15, -0.1) is 11.8 Å². The number of piperazine rings is 1. The molecule has 0 bridgehead atoms. The van der Waals surface area contributed by atoms with Crippen molar-refractivity contribution in [3.63, 3.8) is 0 Å². The van der Waals surface area contributed by atoms with Crippen LogP contribution < -0.4 is 0 Å². The second-order valence-corrected chi connectivity index (χ2v) is 13.2. The SMILES string of the molecule is O=C(c1ccccc1SC1CCS(=O)(=O)C1)N1CCN(S(=O)(=O)c2ccccc2F)CC1. The second kappa shape index (κ2) is 9.12. The van der Waals surface area contributed by atoms with Gasteiger partial charge in [0.05, 0.1) is 17.1 Å². The standard InChI is InChI=1S/C21H23FN2O5S3/c22-18-6-2-4-8-20(18)32(28,29)24-12-10-23(11-13-24)21(25)17-5-1-3-7-19(17)30-16-9-14-31(26,27)15-16/h1-8,16H,9-15H2. The van der Waals surface area contributed by atoms with E-state index in [9.17, 15) is 26.0 Å². The lowest BCUT2D eigenvalue weighted by Crippen LogP contribution is -2.50. The van der Waals surface area contributed by atoms with Crippen molar-refractivity contribution >= 4 is 37.5 Å². The maximum atomic E-state index is 14.0. The summed E-state index contributed by atoms with van der Waals surface area (Å²) in [6.45, 7) is 0.504. The summed E-state index contributed by atoms with van der Waals surface area (Å²) in [5.41, 5.74) is 0.479. The molecule has 2 saturated heterocycles. The molecule has 7 nitrogen and oxygen atoms in total. The molecule has 0 saturated carbocycles. The number of rotatable bonds is 5. The molecule has 1 unspecified atom stereocenters. The summed E-state index contributed by atoms with van der Waals surface area (Å²) in [6.07, 6.45) is 0.558. The first-order valence-corrected chi connectivity index (χ1v) is 14.3. The smallest absolute Gasteiger partial charge is 0.255 e. The molecule has 0 aliphatic carbocycles. The first-order chi connectivity index (χ1) is 15.2. The van der Waals surface area contributed by atoms with Gasteiger partial charge in [-0.25, -0.2) is 21.2 Å². The van der Waals surface area contributed by atoms with Crippen LogP contribution in [0.15, 0.2) is 58.3 Å². The molecule has 2 fully saturated rings. The summed E-state index contributed by atoms with van der Waals surface area (Å²) in [6, 6.07) is 12.3. The van der Waals surface area contributed by atoms with E-state index in [0.717, 1.165) is 11.0 Å². The van der Waals surface area contributed by atoms with Crippen LogP contribution in [-0.2, 0) is 19.9 Å². The Kier molecular flexibility index (Phi) is 6.62. The van der Waals surface area contributed by atoms with Crippen molar-refractivity contribution in [1.82, 2.24) is 9.21 Å². The van der Waals surface area contributed by atoms with Crippen molar-refractivity contribution in [1.29, 1.82) is 0 Å². The zero-order chi connectivity index (χ0) is 22.9. The molecule has 0 aromatic heterocycles. The molecule has 2 aromatic carbocycles. The van der Waals surface area contributed by atoms with Crippen molar-refractivity contribution in [3.8, 4) is 0 Å². The van der Waals surface area contributed by atoms with E-state index in [-0.39, 0.29) is 53.7 Å². The van der Waals surface area contributed by atoms with Gasteiger partial charge in [0.25, 0.3) is 5.91 Å². The number of sulfone groups is 1. The minimum atomic E-state index is -3.98. The number of hydrogen-bond donors (Lipinski definition) is 0. The van der Waals surface area contributed by atoms with Crippen molar-refractivity contribution < 1.29 is 26.0 Å². The Hall–Kier alpha value is -1.95. The largest absolute Gasteiger partial charge is 0.336 e. The predicted octanol–water partition coefficient (Wildman–Crippen LogP) is 2.25. The van der Waals surface area contributed by atoms with Crippen LogP contribution in [0.2, 0.25) is 0 Å². The summed E-state index contributed by atoms with van der Waals surface area (Å²) in [5, 5.41) is -0.0864. The third-order valence-corrected chi connectivity index (χ3v) is 10.8. The summed E-state index contributed by atoms with van der Waals surface area (Å²) in [7, 11) is -7.00. The fourth-order valence-corrected chi connectivity index (χ4v) is 8.98. The van der Waals surface area contributed by atoms with E-state index in [4.69, 9.17) is 0 Å². The molecule has 11 heteroatoms. The zero-order valence-electron chi connectivity index (χ0n) is 17.2. The lowest BCUT2D eigenvalue weighted by Gasteiger charge is -2.34. The number of thioether (sulfide) groups is 1. The molecule has 32 heavy (non-hydrogen) atoms. The summed E-state index contributed by atoms with van der Waals surface area (Å²) in [4.78, 5) is 15.1. The summed E-state index contributed by atoms with van der Waals surface area (Å²) >= 11 is 1.40. The first kappa shape index (κ1) is 23.2. The molecule has 1 amide bonds. The fraction of sp³-hybridized carbons (Fsp3) is 0.381. The lowest BCUT2D eigenvalue weighted by atomic mass is 10.2. The monoisotopic (exact) mass is 498 g/mol. The number of halogens is 1. The Morgan fingerprint density at radius 3 is 2.31 bits per heavy atom. The maximum Gasteiger partial charge on any atom is 0.255 e. The Labute approximate surface area is 191 Å². The number of benzene rings is 2. The second-order valence-electron chi connectivity index (χ2n) is 7.77. The third kappa shape index (κ3) is 4.85. The van der Waals surface area contributed by atoms with Crippen LogP contribution in [0.3, 0.4) is 0 Å². The number of carbonyl (C=O) groups is 1. The van der Waals surface area contributed by atoms with Gasteiger partial charge in [-0.05, 0) is 30.7 Å². The van der Waals surface area contributed by atoms with Gasteiger partial charge in [-0.1, -0.05) is 24.3 Å². The molecule has 172 valence electrons. The minimum absolute atomic E-state index is 0.0680. The van der Waals surface area contributed by atoms with Gasteiger partial charge < -0.3 is 4.90 Å². The van der Waals surface area contributed by atoms with Crippen molar-refractivity contribution in [2.24, 2.45) is 0 Å². The highest BCUT2D eigenvalue weighted by atomic mass is 32.2. The number of sulfonamides is 1. The van der Waals surface area contributed by atoms with Crippen LogP contribution in [0.4, 0.5) is 4.39 Å². The summed E-state index contributed by atoms with van der Waals surface area (Å²) in [5.74, 6) is -0.755. The minimum Gasteiger partial charge on any atom is -0.336 e. The molecule has 2 aliphatic rings. The predicted molar refractivity (Wildman–Crippen MR) is 120 cm³/mol. The molecule has 2 aromatic rings. The van der Waals surface area contributed by atoms with Crippen LogP contribution in [0.1, 0.15) is 16.8 Å². The first-order valence-electron chi connectivity index (χ1n) is 10.2. The fourth-order valence-electron chi connectivity index (χ4n) is 3.87. The third-order valence-electron chi connectivity index (χ3n) is 5.58. The average molecular weight is 499 g/mol. The van der Waals surface area contributed by atoms with E-state index in [1.807, 2.05) is 12.1 Å². The van der Waals surface area contributed by atoms with Crippen LogP contribution in [0.25, 0.3) is 0 Å². The van der Waals surface area contributed by atoms with E-state index in [1.165, 1.54) is 34.3 Å². The van der Waals surface area contributed by atoms with Crippen LogP contribution in [-0.4, -0.2) is 74.9 Å². The van der Waals surface area contributed by atoms with Gasteiger partial charge in [-0.2, -0.15) is 4.31 Å². The maximum absolute atomic E-state index is 14.0. The molecule has 2 heterocycles. The average Bonchev–Trinajstić information content (AvgIpc) is 3.12. The van der Waals surface area contributed by atoms with Crippen molar-refractivity contribution in [2.75, 3.05) is 37.7 Å². The molecule has 0 spiro atoms. The Balaban J connectivity index is 1.45. The van der Waals surface area contributed by atoms with E-state index in [0.29, 0.717) is 12.0 Å². The number of carbonyl (C=O) groups excluding carboxylic acids is 1. The number of nitrogens with zero attached hydrogens (tertiary/aromatic N) is 2. The quantitative estimate of drug-likeness (QED) is 0.628. The lowest BCUT2D eigenvalue weighted by molar-refractivity contribution is 0.0694. The highest BCUT2D eigenvalue weighted by Crippen LogP contribution is 2.33. The van der Waals surface area contributed by atoms with E-state index >= 15 is 0 Å². The number of amides is 1. The Morgan fingerprint density at radius 2 is 1.66 bits per heavy atom. The van der Waals surface area contributed by atoms with E-state index < -0.39 is 25.7 Å². The van der Waals surface area contributed by atoms with Crippen LogP contribution in [0.5, 0.6) is 0 Å². The molecule has 0 radical (unpaired) electrons. The van der Waals surface area contributed by atoms with Gasteiger partial charge in [0.1, 0.15) is 10.7 Å². The highest BCUT2D eigenvalue weighted by Gasteiger charge is 2.33. The van der Waals surface area contributed by atoms with Gasteiger partial charge in [0.15, 0.2) is 9.84 Å². The molecule has 2 aliphatic heterocycles. The Morgan fingerprint density at radius 1 is 1.00 bits per heavy atom. The van der Waals surface area contributed by atoms with Crippen LogP contribution >= 0.6 is 11.8 Å². The van der Waals surface area contributed by atoms with Gasteiger partial charge in [0, 0.05) is 36.3 Å². The molecule has 0 N–H and O–H groups in total. The van der Waals surface area contributed by atoms with Gasteiger partial charge in [0.2, 0.25) is 10.0 Å². The van der Waals surface area contributed by atoms with E-state index in [2.05, 4.69) is 0 Å². The van der Waals surface area contributed by atoms with E-state index in [1.54, 1.807) is 17.0 Å². The molecular weight excluding hydrogens is 475 g/mol. The topological polar surface area (TPSA) is 91.8 Å². The highest BCUT2D eigenvalue weighted by molar-refractivity contribution is 8.02. The van der Waals surface area contributed by atoms with Crippen LogP contribution in [0, 0.1) is 5.82 Å². The van der Waals surface area contributed by atoms with Gasteiger partial charge in [-0.3, -0.25) is 4.79 Å².